The number of hydrogen-bond donors (Lipinski definition) is 2. The first kappa shape index (κ1) is 18.5. The second-order valence-corrected chi connectivity index (χ2v) is 8.53. The average molecular weight is 408 g/mol. The van der Waals surface area contributed by atoms with Crippen LogP contribution in [0.2, 0.25) is 0 Å². The van der Waals surface area contributed by atoms with Crippen molar-refractivity contribution >= 4 is 44.9 Å². The fourth-order valence-corrected chi connectivity index (χ4v) is 4.64. The maximum atomic E-state index is 12.5. The first-order chi connectivity index (χ1) is 13.6. The maximum Gasteiger partial charge on any atom is 0.237 e. The van der Waals surface area contributed by atoms with E-state index in [-0.39, 0.29) is 16.9 Å². The fraction of sp³-hybridized carbons (Fsp3) is 0.0952. The van der Waals surface area contributed by atoms with E-state index in [4.69, 9.17) is 0 Å². The fourth-order valence-electron chi connectivity index (χ4n) is 2.68. The number of phenolic OH excluding ortho intramolecular Hbond substituents is 1. The molecule has 7 heteroatoms. The number of fused-ring (bicyclic) bond motifs is 1. The predicted molar refractivity (Wildman–Crippen MR) is 115 cm³/mol. The van der Waals surface area contributed by atoms with E-state index in [2.05, 4.69) is 33.5 Å². The lowest BCUT2D eigenvalue weighted by Crippen LogP contribution is -2.22. The summed E-state index contributed by atoms with van der Waals surface area (Å²) in [5, 5.41) is 13.6. The van der Waals surface area contributed by atoms with Gasteiger partial charge in [-0.05, 0) is 42.8 Å². The number of amides is 1. The standard InChI is InChI=1S/C21H17N3O2S2/c1-13(19(26)24-15-7-9-16(25)10-8-15)27-20-17-11-18(14-5-3-2-4-6-14)28-21(17)23-12-22-20/h2-13,25H,1H3,(H,24,26). The van der Waals surface area contributed by atoms with Crippen LogP contribution in [0.3, 0.4) is 0 Å². The molecule has 0 radical (unpaired) electrons. The van der Waals surface area contributed by atoms with Crippen LogP contribution in [0, 0.1) is 0 Å². The molecule has 0 spiro atoms. The summed E-state index contributed by atoms with van der Waals surface area (Å²) < 4.78 is 0. The van der Waals surface area contributed by atoms with Gasteiger partial charge in [0.15, 0.2) is 0 Å². The zero-order valence-electron chi connectivity index (χ0n) is 15.0. The number of nitrogens with one attached hydrogen (secondary N) is 1. The normalized spacial score (nSPS) is 12.0. The highest BCUT2D eigenvalue weighted by Gasteiger charge is 2.18. The molecule has 0 fully saturated rings. The molecular formula is C21H17N3O2S2. The molecule has 0 bridgehead atoms. The topological polar surface area (TPSA) is 75.1 Å². The zero-order chi connectivity index (χ0) is 19.5. The molecule has 140 valence electrons. The van der Waals surface area contributed by atoms with Gasteiger partial charge in [-0.25, -0.2) is 9.97 Å². The minimum atomic E-state index is -0.341. The van der Waals surface area contributed by atoms with Gasteiger partial charge in [0.25, 0.3) is 0 Å². The van der Waals surface area contributed by atoms with Crippen LogP contribution in [-0.2, 0) is 4.79 Å². The van der Waals surface area contributed by atoms with E-state index in [1.807, 2.05) is 25.1 Å². The number of anilines is 1. The quantitative estimate of drug-likeness (QED) is 0.271. The Morgan fingerprint density at radius 2 is 1.86 bits per heavy atom. The van der Waals surface area contributed by atoms with Crippen LogP contribution < -0.4 is 5.32 Å². The Balaban J connectivity index is 1.54. The number of aromatic nitrogens is 2. The number of rotatable bonds is 5. The molecule has 0 aliphatic rings. The molecular weight excluding hydrogens is 390 g/mol. The second-order valence-electron chi connectivity index (χ2n) is 6.17. The number of aromatic hydroxyl groups is 1. The number of benzene rings is 2. The van der Waals surface area contributed by atoms with Crippen LogP contribution in [0.1, 0.15) is 6.92 Å². The molecule has 28 heavy (non-hydrogen) atoms. The van der Waals surface area contributed by atoms with E-state index in [1.54, 1.807) is 29.8 Å². The lowest BCUT2D eigenvalue weighted by Gasteiger charge is -2.12. The Labute approximate surface area is 170 Å². The van der Waals surface area contributed by atoms with Crippen molar-refractivity contribution in [2.24, 2.45) is 0 Å². The van der Waals surface area contributed by atoms with Crippen molar-refractivity contribution in [3.05, 3.63) is 67.0 Å². The SMILES string of the molecule is CC(Sc1ncnc2sc(-c3ccccc3)cc12)C(=O)Nc1ccc(O)cc1. The molecule has 4 aromatic rings. The summed E-state index contributed by atoms with van der Waals surface area (Å²) in [4.78, 5) is 23.3. The van der Waals surface area contributed by atoms with Crippen molar-refractivity contribution in [2.45, 2.75) is 17.2 Å². The van der Waals surface area contributed by atoms with E-state index in [0.717, 1.165) is 25.7 Å². The van der Waals surface area contributed by atoms with Gasteiger partial charge in [0.1, 0.15) is 21.9 Å². The van der Waals surface area contributed by atoms with Crippen LogP contribution in [0.15, 0.2) is 72.0 Å². The van der Waals surface area contributed by atoms with Crippen molar-refractivity contribution in [1.82, 2.24) is 9.97 Å². The van der Waals surface area contributed by atoms with Crippen LogP contribution in [-0.4, -0.2) is 26.2 Å². The van der Waals surface area contributed by atoms with Crippen LogP contribution in [0.25, 0.3) is 20.7 Å². The van der Waals surface area contributed by atoms with Gasteiger partial charge in [0, 0.05) is 16.0 Å². The van der Waals surface area contributed by atoms with E-state index < -0.39 is 0 Å². The summed E-state index contributed by atoms with van der Waals surface area (Å²) in [6.07, 6.45) is 1.54. The summed E-state index contributed by atoms with van der Waals surface area (Å²) in [5.74, 6) is 0.0384. The summed E-state index contributed by atoms with van der Waals surface area (Å²) in [6, 6.07) is 18.6. The maximum absolute atomic E-state index is 12.5. The lowest BCUT2D eigenvalue weighted by molar-refractivity contribution is -0.115. The highest BCUT2D eigenvalue weighted by molar-refractivity contribution is 8.00. The molecule has 0 saturated carbocycles. The third-order valence-corrected chi connectivity index (χ3v) is 6.35. The molecule has 0 aliphatic heterocycles. The van der Waals surface area contributed by atoms with Gasteiger partial charge in [0.05, 0.1) is 5.25 Å². The van der Waals surface area contributed by atoms with E-state index in [9.17, 15) is 9.90 Å². The minimum Gasteiger partial charge on any atom is -0.508 e. The summed E-state index contributed by atoms with van der Waals surface area (Å²) in [5.41, 5.74) is 1.78. The summed E-state index contributed by atoms with van der Waals surface area (Å²) in [7, 11) is 0. The second kappa shape index (κ2) is 8.00. The van der Waals surface area contributed by atoms with Crippen molar-refractivity contribution in [1.29, 1.82) is 0 Å². The zero-order valence-corrected chi connectivity index (χ0v) is 16.6. The van der Waals surface area contributed by atoms with Gasteiger partial charge in [-0.3, -0.25) is 4.79 Å². The molecule has 0 aliphatic carbocycles. The van der Waals surface area contributed by atoms with Gasteiger partial charge in [0.2, 0.25) is 5.91 Å². The molecule has 2 aromatic heterocycles. The highest BCUT2D eigenvalue weighted by atomic mass is 32.2. The number of nitrogens with zero attached hydrogens (tertiary/aromatic N) is 2. The number of thiophene rings is 1. The monoisotopic (exact) mass is 407 g/mol. The summed E-state index contributed by atoms with van der Waals surface area (Å²) >= 11 is 3.02. The van der Waals surface area contributed by atoms with Crippen LogP contribution in [0.4, 0.5) is 5.69 Å². The number of phenols is 1. The molecule has 5 nitrogen and oxygen atoms in total. The van der Waals surface area contributed by atoms with Gasteiger partial charge in [-0.1, -0.05) is 42.1 Å². The van der Waals surface area contributed by atoms with Crippen LogP contribution in [0.5, 0.6) is 5.75 Å². The van der Waals surface area contributed by atoms with Crippen LogP contribution >= 0.6 is 23.1 Å². The van der Waals surface area contributed by atoms with Gasteiger partial charge in [-0.15, -0.1) is 11.3 Å². The number of hydrogen-bond acceptors (Lipinski definition) is 6. The molecule has 1 amide bonds. The average Bonchev–Trinajstić information content (AvgIpc) is 3.16. The van der Waals surface area contributed by atoms with E-state index in [1.165, 1.54) is 23.9 Å². The smallest absolute Gasteiger partial charge is 0.237 e. The van der Waals surface area contributed by atoms with E-state index >= 15 is 0 Å². The Kier molecular flexibility index (Phi) is 5.27. The number of thioether (sulfide) groups is 1. The minimum absolute atomic E-state index is 0.124. The highest BCUT2D eigenvalue weighted by Crippen LogP contribution is 2.37. The largest absolute Gasteiger partial charge is 0.508 e. The van der Waals surface area contributed by atoms with Crippen molar-refractivity contribution < 1.29 is 9.90 Å². The number of carbonyl (C=O) groups excluding carboxylic acids is 1. The Morgan fingerprint density at radius 1 is 1.11 bits per heavy atom. The third kappa shape index (κ3) is 4.00. The number of carbonyl (C=O) groups is 1. The molecule has 2 aromatic carbocycles. The first-order valence-electron chi connectivity index (χ1n) is 8.66. The third-order valence-electron chi connectivity index (χ3n) is 4.14. The molecule has 1 atom stereocenters. The van der Waals surface area contributed by atoms with Gasteiger partial charge < -0.3 is 10.4 Å². The van der Waals surface area contributed by atoms with Crippen molar-refractivity contribution in [2.75, 3.05) is 5.32 Å². The molecule has 2 N–H and O–H groups in total. The van der Waals surface area contributed by atoms with Crippen molar-refractivity contribution in [3.8, 4) is 16.2 Å². The van der Waals surface area contributed by atoms with E-state index in [0.29, 0.717) is 5.69 Å². The summed E-state index contributed by atoms with van der Waals surface area (Å²) in [6.45, 7) is 1.85. The van der Waals surface area contributed by atoms with Crippen molar-refractivity contribution in [3.63, 3.8) is 0 Å². The molecule has 1 unspecified atom stereocenters. The predicted octanol–water partition coefficient (Wildman–Crippen LogP) is 5.18. The first-order valence-corrected chi connectivity index (χ1v) is 10.4. The molecule has 2 heterocycles. The van der Waals surface area contributed by atoms with Gasteiger partial charge in [-0.2, -0.15) is 0 Å². The lowest BCUT2D eigenvalue weighted by atomic mass is 10.2. The Morgan fingerprint density at radius 3 is 2.61 bits per heavy atom. The molecule has 0 saturated heterocycles. The molecule has 4 rings (SSSR count). The Bertz CT molecular complexity index is 1110. The Hall–Kier alpha value is -2.90. The van der Waals surface area contributed by atoms with Gasteiger partial charge >= 0.3 is 0 Å².